The standard InChI is InChI=1S/C6H9O2Si/c1-4(2)5(3)6(7)8-9/h1-3H3. The third kappa shape index (κ3) is 2.46. The first kappa shape index (κ1) is 8.43. The van der Waals surface area contributed by atoms with Gasteiger partial charge in [-0.15, -0.1) is 0 Å². The van der Waals surface area contributed by atoms with Crippen molar-refractivity contribution in [1.82, 2.24) is 0 Å². The van der Waals surface area contributed by atoms with Gasteiger partial charge in [0.05, 0.1) is 0 Å². The Kier molecular flexibility index (Phi) is 3.23. The zero-order valence-electron chi connectivity index (χ0n) is 5.82. The molecule has 3 radical (unpaired) electrons. The van der Waals surface area contributed by atoms with Crippen molar-refractivity contribution in [2.24, 2.45) is 0 Å². The third-order valence-corrected chi connectivity index (χ3v) is 1.33. The Balaban J connectivity index is 4.21. The highest BCUT2D eigenvalue weighted by Crippen LogP contribution is 2.02. The highest BCUT2D eigenvalue weighted by Gasteiger charge is 2.02. The van der Waals surface area contributed by atoms with Gasteiger partial charge in [-0.05, 0) is 20.8 Å². The van der Waals surface area contributed by atoms with Crippen molar-refractivity contribution < 1.29 is 9.22 Å². The molecule has 0 unspecified atom stereocenters. The van der Waals surface area contributed by atoms with Crippen molar-refractivity contribution in [2.75, 3.05) is 0 Å². The van der Waals surface area contributed by atoms with Crippen molar-refractivity contribution >= 4 is 16.5 Å². The molecule has 0 bridgehead atoms. The molecule has 0 aromatic heterocycles. The van der Waals surface area contributed by atoms with Gasteiger partial charge in [0, 0.05) is 5.57 Å². The molecule has 3 heteroatoms. The predicted molar refractivity (Wildman–Crippen MR) is 35.9 cm³/mol. The summed E-state index contributed by atoms with van der Waals surface area (Å²) in [6.07, 6.45) is 0. The van der Waals surface area contributed by atoms with Crippen LogP contribution in [0.15, 0.2) is 11.1 Å². The molecular formula is C6H9O2Si. The van der Waals surface area contributed by atoms with Crippen LogP contribution in [0.25, 0.3) is 0 Å². The zero-order valence-corrected chi connectivity index (χ0v) is 6.82. The summed E-state index contributed by atoms with van der Waals surface area (Å²) in [6, 6.07) is 0. The zero-order chi connectivity index (χ0) is 7.44. The molecule has 0 aliphatic heterocycles. The molecule has 0 aromatic rings. The second kappa shape index (κ2) is 3.45. The van der Waals surface area contributed by atoms with Crippen molar-refractivity contribution in [3.05, 3.63) is 11.1 Å². The first-order valence-corrected chi connectivity index (χ1v) is 3.02. The lowest BCUT2D eigenvalue weighted by Crippen LogP contribution is -2.03. The molecule has 0 N–H and O–H groups in total. The monoisotopic (exact) mass is 141 g/mol. The smallest absolute Gasteiger partial charge is 0.345 e. The van der Waals surface area contributed by atoms with Gasteiger partial charge in [-0.2, -0.15) is 0 Å². The molecule has 0 aliphatic rings. The normalized spacial score (nSPS) is 8.44. The van der Waals surface area contributed by atoms with Crippen LogP contribution in [0.5, 0.6) is 0 Å². The maximum absolute atomic E-state index is 10.6. The van der Waals surface area contributed by atoms with Crippen molar-refractivity contribution in [1.29, 1.82) is 0 Å². The Morgan fingerprint density at radius 2 is 1.78 bits per heavy atom. The lowest BCUT2D eigenvalue weighted by molar-refractivity contribution is -0.129. The van der Waals surface area contributed by atoms with Gasteiger partial charge in [-0.1, -0.05) is 5.57 Å². The van der Waals surface area contributed by atoms with E-state index in [1.165, 1.54) is 0 Å². The van der Waals surface area contributed by atoms with Crippen LogP contribution in [-0.2, 0) is 9.22 Å². The van der Waals surface area contributed by atoms with E-state index in [-0.39, 0.29) is 5.97 Å². The summed E-state index contributed by atoms with van der Waals surface area (Å²) in [5.41, 5.74) is 1.61. The fraction of sp³-hybridized carbons (Fsp3) is 0.500. The van der Waals surface area contributed by atoms with E-state index in [1.807, 2.05) is 13.8 Å². The number of rotatable bonds is 1. The molecule has 9 heavy (non-hydrogen) atoms. The molecule has 0 saturated heterocycles. The van der Waals surface area contributed by atoms with Gasteiger partial charge >= 0.3 is 16.5 Å². The first-order valence-electron chi connectivity index (χ1n) is 2.61. The third-order valence-electron chi connectivity index (χ3n) is 1.15. The van der Waals surface area contributed by atoms with E-state index in [0.29, 0.717) is 5.57 Å². The Hall–Kier alpha value is -0.573. The molecule has 0 saturated carbocycles. The molecular weight excluding hydrogens is 132 g/mol. The molecule has 0 aliphatic carbocycles. The lowest BCUT2D eigenvalue weighted by atomic mass is 10.2. The van der Waals surface area contributed by atoms with Crippen LogP contribution in [-0.4, -0.2) is 16.5 Å². The van der Waals surface area contributed by atoms with Gasteiger partial charge in [0.1, 0.15) is 0 Å². The summed E-state index contributed by atoms with van der Waals surface area (Å²) >= 11 is 0. The largest absolute Gasteiger partial charge is 0.513 e. The van der Waals surface area contributed by atoms with Gasteiger partial charge in [-0.3, -0.25) is 0 Å². The average Bonchev–Trinajstić information content (AvgIpc) is 1.84. The van der Waals surface area contributed by atoms with Crippen molar-refractivity contribution in [2.45, 2.75) is 20.8 Å². The van der Waals surface area contributed by atoms with E-state index in [1.54, 1.807) is 6.92 Å². The summed E-state index contributed by atoms with van der Waals surface area (Å²) < 4.78 is 4.28. The highest BCUT2D eigenvalue weighted by molar-refractivity contribution is 6.09. The summed E-state index contributed by atoms with van der Waals surface area (Å²) in [5, 5.41) is 0. The fourth-order valence-electron chi connectivity index (χ4n) is 0.281. The summed E-state index contributed by atoms with van der Waals surface area (Å²) in [4.78, 5) is 10.6. The minimum Gasteiger partial charge on any atom is -0.513 e. The van der Waals surface area contributed by atoms with Crippen molar-refractivity contribution in [3.8, 4) is 0 Å². The van der Waals surface area contributed by atoms with Gasteiger partial charge < -0.3 is 4.43 Å². The summed E-state index contributed by atoms with van der Waals surface area (Å²) in [6.45, 7) is 5.44. The van der Waals surface area contributed by atoms with Crippen LogP contribution in [0.4, 0.5) is 0 Å². The van der Waals surface area contributed by atoms with E-state index in [2.05, 4.69) is 14.9 Å². The number of hydrogen-bond donors (Lipinski definition) is 0. The average molecular weight is 141 g/mol. The van der Waals surface area contributed by atoms with Gasteiger partial charge in [-0.25, -0.2) is 4.79 Å². The number of carbonyl (C=O) groups excluding carboxylic acids is 1. The lowest BCUT2D eigenvalue weighted by Gasteiger charge is -1.98. The van der Waals surface area contributed by atoms with Crippen LogP contribution >= 0.6 is 0 Å². The Bertz CT molecular complexity index is 145. The van der Waals surface area contributed by atoms with E-state index >= 15 is 0 Å². The Labute approximate surface area is 58.4 Å². The molecule has 0 spiro atoms. The van der Waals surface area contributed by atoms with Crippen LogP contribution < -0.4 is 0 Å². The van der Waals surface area contributed by atoms with Gasteiger partial charge in [0.2, 0.25) is 0 Å². The maximum Gasteiger partial charge on any atom is 0.345 e. The molecule has 0 amide bonds. The summed E-state index contributed by atoms with van der Waals surface area (Å²) in [7, 11) is 2.64. The molecule has 0 rings (SSSR count). The van der Waals surface area contributed by atoms with E-state index in [4.69, 9.17) is 0 Å². The highest BCUT2D eigenvalue weighted by atomic mass is 28.2. The maximum atomic E-state index is 10.6. The van der Waals surface area contributed by atoms with Gasteiger partial charge in [0.15, 0.2) is 0 Å². The van der Waals surface area contributed by atoms with Crippen LogP contribution in [0.3, 0.4) is 0 Å². The van der Waals surface area contributed by atoms with Crippen LogP contribution in [0.2, 0.25) is 0 Å². The van der Waals surface area contributed by atoms with Crippen LogP contribution in [0.1, 0.15) is 20.8 Å². The Morgan fingerprint density at radius 1 is 1.33 bits per heavy atom. The molecule has 0 heterocycles. The van der Waals surface area contributed by atoms with Gasteiger partial charge in [0.25, 0.3) is 0 Å². The topological polar surface area (TPSA) is 26.3 Å². The quantitative estimate of drug-likeness (QED) is 0.402. The molecule has 0 aromatic carbocycles. The molecule has 0 fully saturated rings. The molecule has 0 atom stereocenters. The van der Waals surface area contributed by atoms with Crippen molar-refractivity contribution in [3.63, 3.8) is 0 Å². The SMILES string of the molecule is CC(C)=C(C)C(=O)O[Si]. The minimum atomic E-state index is -0.327. The first-order chi connectivity index (χ1) is 4.09. The molecule has 49 valence electrons. The van der Waals surface area contributed by atoms with E-state index in [9.17, 15) is 4.79 Å². The predicted octanol–water partition coefficient (Wildman–Crippen LogP) is 0.969. The Morgan fingerprint density at radius 3 is 1.89 bits per heavy atom. The summed E-state index contributed by atoms with van der Waals surface area (Å²) in [5.74, 6) is -0.327. The number of hydrogen-bond acceptors (Lipinski definition) is 2. The minimum absolute atomic E-state index is 0.327. The number of allylic oxidation sites excluding steroid dienone is 1. The second-order valence-corrected chi connectivity index (χ2v) is 2.22. The van der Waals surface area contributed by atoms with E-state index < -0.39 is 0 Å². The second-order valence-electron chi connectivity index (χ2n) is 2.01. The van der Waals surface area contributed by atoms with Crippen LogP contribution in [0, 0.1) is 0 Å². The molecule has 2 nitrogen and oxygen atoms in total. The number of carbonyl (C=O) groups is 1. The fourth-order valence-corrected chi connectivity index (χ4v) is 0.434. The van der Waals surface area contributed by atoms with E-state index in [0.717, 1.165) is 5.57 Å².